The van der Waals surface area contributed by atoms with Gasteiger partial charge in [-0.25, -0.2) is 4.39 Å². The van der Waals surface area contributed by atoms with Crippen LogP contribution in [0.1, 0.15) is 18.0 Å². The molecule has 2 atom stereocenters. The zero-order valence-corrected chi connectivity index (χ0v) is 10.9. The second kappa shape index (κ2) is 4.82. The maximum atomic E-state index is 13.4. The molecule has 1 aliphatic rings. The molecule has 0 amide bonds. The molecular formula is C12H16BrFN2. The highest BCUT2D eigenvalue weighted by atomic mass is 79.9. The zero-order valence-electron chi connectivity index (χ0n) is 9.29. The molecule has 0 aromatic heterocycles. The van der Waals surface area contributed by atoms with Gasteiger partial charge in [-0.2, -0.15) is 0 Å². The number of halogens is 2. The van der Waals surface area contributed by atoms with Crippen LogP contribution in [0.3, 0.4) is 0 Å². The lowest BCUT2D eigenvalue weighted by Gasteiger charge is -2.19. The van der Waals surface area contributed by atoms with Crippen molar-refractivity contribution in [2.45, 2.75) is 12.5 Å². The molecule has 0 aliphatic carbocycles. The Labute approximate surface area is 104 Å². The molecule has 2 rings (SSSR count). The van der Waals surface area contributed by atoms with Crippen LogP contribution in [0.2, 0.25) is 0 Å². The van der Waals surface area contributed by atoms with Crippen molar-refractivity contribution in [3.63, 3.8) is 0 Å². The monoisotopic (exact) mass is 286 g/mol. The smallest absolute Gasteiger partial charge is 0.137 e. The summed E-state index contributed by atoms with van der Waals surface area (Å²) in [6.07, 6.45) is 1.02. The SMILES string of the molecule is CN1CC(CN)CC1c1ccc(Br)c(F)c1. The van der Waals surface area contributed by atoms with Crippen molar-refractivity contribution >= 4 is 15.9 Å². The summed E-state index contributed by atoms with van der Waals surface area (Å²) < 4.78 is 14.0. The Bertz CT molecular complexity index is 383. The van der Waals surface area contributed by atoms with Crippen LogP contribution in [0.25, 0.3) is 0 Å². The molecule has 0 saturated carbocycles. The summed E-state index contributed by atoms with van der Waals surface area (Å²) in [6.45, 7) is 1.71. The Kier molecular flexibility index (Phi) is 3.62. The molecule has 0 radical (unpaired) electrons. The van der Waals surface area contributed by atoms with E-state index in [1.807, 2.05) is 6.07 Å². The van der Waals surface area contributed by atoms with Gasteiger partial charge in [0.05, 0.1) is 4.47 Å². The van der Waals surface area contributed by atoms with E-state index >= 15 is 0 Å². The molecule has 2 N–H and O–H groups in total. The standard InChI is InChI=1S/C12H16BrFN2/c1-16-7-8(6-15)4-12(16)9-2-3-10(13)11(14)5-9/h2-3,5,8,12H,4,6-7,15H2,1H3. The van der Waals surface area contributed by atoms with Gasteiger partial charge < -0.3 is 5.73 Å². The molecule has 1 fully saturated rings. The van der Waals surface area contributed by atoms with Crippen LogP contribution in [0.4, 0.5) is 4.39 Å². The van der Waals surface area contributed by atoms with E-state index in [9.17, 15) is 4.39 Å². The Morgan fingerprint density at radius 3 is 2.88 bits per heavy atom. The summed E-state index contributed by atoms with van der Waals surface area (Å²) in [5, 5.41) is 0. The van der Waals surface area contributed by atoms with Gasteiger partial charge in [-0.05, 0) is 59.6 Å². The molecule has 0 spiro atoms. The highest BCUT2D eigenvalue weighted by Gasteiger charge is 2.29. The highest BCUT2D eigenvalue weighted by Crippen LogP contribution is 2.34. The molecule has 16 heavy (non-hydrogen) atoms. The number of hydrogen-bond donors (Lipinski definition) is 1. The molecule has 4 heteroatoms. The third kappa shape index (κ3) is 2.29. The maximum absolute atomic E-state index is 13.4. The Morgan fingerprint density at radius 1 is 1.56 bits per heavy atom. The molecule has 0 bridgehead atoms. The molecule has 1 heterocycles. The molecule has 1 aromatic carbocycles. The second-order valence-electron chi connectivity index (χ2n) is 4.47. The van der Waals surface area contributed by atoms with Crippen molar-refractivity contribution in [2.75, 3.05) is 20.1 Å². The van der Waals surface area contributed by atoms with Crippen LogP contribution < -0.4 is 5.73 Å². The van der Waals surface area contributed by atoms with Gasteiger partial charge in [-0.15, -0.1) is 0 Å². The largest absolute Gasteiger partial charge is 0.330 e. The first-order valence-electron chi connectivity index (χ1n) is 5.47. The fraction of sp³-hybridized carbons (Fsp3) is 0.500. The first-order valence-corrected chi connectivity index (χ1v) is 6.26. The summed E-state index contributed by atoms with van der Waals surface area (Å²) in [7, 11) is 2.07. The second-order valence-corrected chi connectivity index (χ2v) is 5.32. The number of nitrogens with zero attached hydrogens (tertiary/aromatic N) is 1. The Balaban J connectivity index is 2.21. The molecule has 1 aromatic rings. The van der Waals surface area contributed by atoms with Crippen LogP contribution in [0.5, 0.6) is 0 Å². The van der Waals surface area contributed by atoms with Crippen molar-refractivity contribution in [3.05, 3.63) is 34.1 Å². The third-order valence-corrected chi connectivity index (χ3v) is 3.94. The van der Waals surface area contributed by atoms with Crippen molar-refractivity contribution < 1.29 is 4.39 Å². The minimum atomic E-state index is -0.193. The van der Waals surface area contributed by atoms with E-state index in [0.717, 1.165) is 18.5 Å². The Morgan fingerprint density at radius 2 is 2.31 bits per heavy atom. The van der Waals surface area contributed by atoms with Crippen molar-refractivity contribution in [1.82, 2.24) is 4.90 Å². The van der Waals surface area contributed by atoms with E-state index in [0.29, 0.717) is 23.0 Å². The van der Waals surface area contributed by atoms with Crippen LogP contribution in [-0.2, 0) is 0 Å². The first kappa shape index (κ1) is 12.0. The number of nitrogens with two attached hydrogens (primary N) is 1. The van der Waals surface area contributed by atoms with E-state index in [2.05, 4.69) is 27.9 Å². The van der Waals surface area contributed by atoms with Gasteiger partial charge in [0.1, 0.15) is 5.82 Å². The number of likely N-dealkylation sites (tertiary alicyclic amines) is 1. The Hall–Kier alpha value is -0.450. The van der Waals surface area contributed by atoms with Gasteiger partial charge in [0.2, 0.25) is 0 Å². The van der Waals surface area contributed by atoms with E-state index in [-0.39, 0.29) is 5.82 Å². The van der Waals surface area contributed by atoms with Gasteiger partial charge >= 0.3 is 0 Å². The number of rotatable bonds is 2. The molecule has 1 aliphatic heterocycles. The summed E-state index contributed by atoms with van der Waals surface area (Å²) in [4.78, 5) is 2.25. The number of hydrogen-bond acceptors (Lipinski definition) is 2. The molecule has 1 saturated heterocycles. The highest BCUT2D eigenvalue weighted by molar-refractivity contribution is 9.10. The fourth-order valence-electron chi connectivity index (χ4n) is 2.39. The molecule has 88 valence electrons. The topological polar surface area (TPSA) is 29.3 Å². The lowest BCUT2D eigenvalue weighted by atomic mass is 10.00. The number of benzene rings is 1. The van der Waals surface area contributed by atoms with Gasteiger partial charge in [-0.3, -0.25) is 4.90 Å². The molecule has 2 nitrogen and oxygen atoms in total. The normalized spacial score (nSPS) is 26.2. The average Bonchev–Trinajstić information content (AvgIpc) is 2.64. The summed E-state index contributed by atoms with van der Waals surface area (Å²) in [6, 6.07) is 5.67. The summed E-state index contributed by atoms with van der Waals surface area (Å²) >= 11 is 3.17. The third-order valence-electron chi connectivity index (χ3n) is 3.30. The van der Waals surface area contributed by atoms with Gasteiger partial charge in [-0.1, -0.05) is 6.07 Å². The zero-order chi connectivity index (χ0) is 11.7. The van der Waals surface area contributed by atoms with Crippen LogP contribution >= 0.6 is 15.9 Å². The van der Waals surface area contributed by atoms with Gasteiger partial charge in [0.15, 0.2) is 0 Å². The minimum absolute atomic E-state index is 0.193. The van der Waals surface area contributed by atoms with Crippen LogP contribution in [-0.4, -0.2) is 25.0 Å². The maximum Gasteiger partial charge on any atom is 0.137 e. The van der Waals surface area contributed by atoms with Crippen molar-refractivity contribution in [2.24, 2.45) is 11.7 Å². The lowest BCUT2D eigenvalue weighted by molar-refractivity contribution is 0.313. The van der Waals surface area contributed by atoms with Crippen LogP contribution in [0, 0.1) is 11.7 Å². The van der Waals surface area contributed by atoms with Crippen molar-refractivity contribution in [3.8, 4) is 0 Å². The van der Waals surface area contributed by atoms with E-state index in [1.165, 1.54) is 0 Å². The van der Waals surface area contributed by atoms with Gasteiger partial charge in [0, 0.05) is 12.6 Å². The van der Waals surface area contributed by atoms with E-state index in [4.69, 9.17) is 5.73 Å². The predicted molar refractivity (Wildman–Crippen MR) is 66.6 cm³/mol. The minimum Gasteiger partial charge on any atom is -0.330 e. The first-order chi connectivity index (χ1) is 7.61. The van der Waals surface area contributed by atoms with Gasteiger partial charge in [0.25, 0.3) is 0 Å². The van der Waals surface area contributed by atoms with Crippen LogP contribution in [0.15, 0.2) is 22.7 Å². The van der Waals surface area contributed by atoms with E-state index in [1.54, 1.807) is 12.1 Å². The average molecular weight is 287 g/mol. The summed E-state index contributed by atoms with van der Waals surface area (Å²) in [5.41, 5.74) is 6.72. The van der Waals surface area contributed by atoms with Crippen molar-refractivity contribution in [1.29, 1.82) is 0 Å². The predicted octanol–water partition coefficient (Wildman–Crippen LogP) is 2.54. The molecule has 2 unspecified atom stereocenters. The molecular weight excluding hydrogens is 271 g/mol. The fourth-order valence-corrected chi connectivity index (χ4v) is 2.63. The quantitative estimate of drug-likeness (QED) is 0.905. The summed E-state index contributed by atoms with van der Waals surface area (Å²) in [5.74, 6) is 0.337. The lowest BCUT2D eigenvalue weighted by Crippen LogP contribution is -2.20. The van der Waals surface area contributed by atoms with E-state index < -0.39 is 0 Å².